The molecule has 1 rings (SSSR count). The molecule has 3 heteroatoms. The Labute approximate surface area is 82.5 Å². The summed E-state index contributed by atoms with van der Waals surface area (Å²) in [5, 5.41) is 13.4. The largest absolute Gasteiger partial charge is 0.498 e. The lowest BCUT2D eigenvalue weighted by Crippen LogP contribution is -1.91. The molecule has 0 aliphatic carbocycles. The van der Waals surface area contributed by atoms with Crippen molar-refractivity contribution in [2.75, 3.05) is 0 Å². The van der Waals surface area contributed by atoms with Gasteiger partial charge in [-0.15, -0.1) is 0 Å². The van der Waals surface area contributed by atoms with E-state index in [0.717, 1.165) is 16.7 Å². The molecule has 0 N–H and O–H groups in total. The molecule has 0 radical (unpaired) electrons. The summed E-state index contributed by atoms with van der Waals surface area (Å²) >= 11 is 6.01. The smallest absolute Gasteiger partial charge is 0.337 e. The van der Waals surface area contributed by atoms with Crippen LogP contribution in [0.15, 0.2) is 6.07 Å². The Morgan fingerprint density at radius 1 is 1.31 bits per heavy atom. The third-order valence-electron chi connectivity index (χ3n) is 2.04. The summed E-state index contributed by atoms with van der Waals surface area (Å²) in [6, 6.07) is 4.32. The van der Waals surface area contributed by atoms with Crippen LogP contribution in [0, 0.1) is 32.0 Å². The molecule has 0 atom stereocenters. The van der Waals surface area contributed by atoms with E-state index in [1.54, 1.807) is 0 Å². The van der Waals surface area contributed by atoms with Crippen LogP contribution in [0.1, 0.15) is 22.3 Å². The minimum atomic E-state index is 0.678. The van der Waals surface area contributed by atoms with Crippen LogP contribution in [0.4, 0.5) is 0 Å². The molecule has 0 saturated heterocycles. The zero-order chi connectivity index (χ0) is 10.0. The van der Waals surface area contributed by atoms with Gasteiger partial charge in [0.05, 0.1) is 0 Å². The van der Waals surface area contributed by atoms with Crippen molar-refractivity contribution in [3.05, 3.63) is 43.6 Å². The van der Waals surface area contributed by atoms with Crippen molar-refractivity contribution in [2.24, 2.45) is 0 Å². The Hall–Kier alpha value is -1.20. The summed E-state index contributed by atoms with van der Waals surface area (Å²) in [6.45, 7) is 5.69. The SMILES string of the molecule is Cc1cc(C)c(C#[N+][O-])c(C)c1Cl. The molecule has 2 nitrogen and oxygen atoms in total. The average Bonchev–Trinajstić information content (AvgIpc) is 2.09. The second-order valence-electron chi connectivity index (χ2n) is 3.03. The van der Waals surface area contributed by atoms with Crippen LogP contribution in [0.3, 0.4) is 0 Å². The van der Waals surface area contributed by atoms with Gasteiger partial charge in [-0.3, -0.25) is 0 Å². The van der Waals surface area contributed by atoms with Crippen LogP contribution in [0.25, 0.3) is 5.01 Å². The second kappa shape index (κ2) is 3.68. The van der Waals surface area contributed by atoms with Crippen LogP contribution < -0.4 is 0 Å². The summed E-state index contributed by atoms with van der Waals surface area (Å²) in [4.78, 5) is 0. The van der Waals surface area contributed by atoms with Gasteiger partial charge in [-0.05, 0) is 37.5 Å². The minimum Gasteiger partial charge on any atom is -0.498 e. The van der Waals surface area contributed by atoms with Gasteiger partial charge in [0.1, 0.15) is 5.56 Å². The fraction of sp³-hybridized carbons (Fsp3) is 0.300. The first-order valence-electron chi connectivity index (χ1n) is 3.92. The second-order valence-corrected chi connectivity index (χ2v) is 3.41. The van der Waals surface area contributed by atoms with Crippen molar-refractivity contribution in [1.82, 2.24) is 0 Å². The van der Waals surface area contributed by atoms with Crippen molar-refractivity contribution >= 4 is 11.6 Å². The van der Waals surface area contributed by atoms with Gasteiger partial charge < -0.3 is 5.21 Å². The molecular weight excluding hydrogens is 186 g/mol. The average molecular weight is 196 g/mol. The van der Waals surface area contributed by atoms with E-state index in [0.29, 0.717) is 10.6 Å². The summed E-state index contributed by atoms with van der Waals surface area (Å²) in [6.07, 6.45) is 0. The standard InChI is InChI=1S/C10H10ClNO/c1-6-4-7(2)10(11)8(3)9(6)5-12-13/h4H,1-3H3. The molecule has 0 aliphatic heterocycles. The number of halogens is 1. The third kappa shape index (κ3) is 1.76. The van der Waals surface area contributed by atoms with Crippen molar-refractivity contribution < 1.29 is 0 Å². The molecule has 0 fully saturated rings. The topological polar surface area (TPSA) is 27.4 Å². The highest BCUT2D eigenvalue weighted by molar-refractivity contribution is 6.32. The van der Waals surface area contributed by atoms with Crippen molar-refractivity contribution in [2.45, 2.75) is 20.8 Å². The molecule has 1 aromatic rings. The van der Waals surface area contributed by atoms with Crippen molar-refractivity contribution in [3.63, 3.8) is 0 Å². The van der Waals surface area contributed by atoms with E-state index in [1.165, 1.54) is 0 Å². The highest BCUT2D eigenvalue weighted by atomic mass is 35.5. The molecule has 0 saturated carbocycles. The van der Waals surface area contributed by atoms with Gasteiger partial charge in [-0.1, -0.05) is 17.7 Å². The summed E-state index contributed by atoms with van der Waals surface area (Å²) in [5.41, 5.74) is 3.54. The van der Waals surface area contributed by atoms with Gasteiger partial charge in [0, 0.05) is 10.0 Å². The van der Waals surface area contributed by atoms with E-state index < -0.39 is 0 Å². The molecular formula is C10H10ClNO. The van der Waals surface area contributed by atoms with E-state index in [2.05, 4.69) is 11.1 Å². The molecule has 0 amide bonds. The number of hydrogen-bond donors (Lipinski definition) is 0. The van der Waals surface area contributed by atoms with Crippen LogP contribution >= 0.6 is 11.6 Å². The van der Waals surface area contributed by atoms with Gasteiger partial charge in [-0.25, -0.2) is 0 Å². The Bertz CT molecular complexity index is 402. The van der Waals surface area contributed by atoms with Crippen molar-refractivity contribution in [1.29, 1.82) is 0 Å². The van der Waals surface area contributed by atoms with Crippen LogP contribution in [0.2, 0.25) is 5.02 Å². The summed E-state index contributed by atoms with van der Waals surface area (Å²) < 4.78 is 0. The van der Waals surface area contributed by atoms with Gasteiger partial charge in [0.25, 0.3) is 0 Å². The highest BCUT2D eigenvalue weighted by Gasteiger charge is 2.10. The quantitative estimate of drug-likeness (QED) is 0.583. The Balaban J connectivity index is 3.49. The van der Waals surface area contributed by atoms with E-state index >= 15 is 0 Å². The third-order valence-corrected chi connectivity index (χ3v) is 2.62. The molecule has 0 aliphatic rings. The number of benzene rings is 1. The lowest BCUT2D eigenvalue weighted by molar-refractivity contribution is 1.29. The molecule has 1 aromatic carbocycles. The van der Waals surface area contributed by atoms with Gasteiger partial charge >= 0.3 is 6.07 Å². The van der Waals surface area contributed by atoms with E-state index in [9.17, 15) is 5.21 Å². The van der Waals surface area contributed by atoms with Crippen LogP contribution in [-0.2, 0) is 0 Å². The molecule has 0 heterocycles. The zero-order valence-corrected chi connectivity index (χ0v) is 8.57. The summed E-state index contributed by atoms with van der Waals surface area (Å²) in [7, 11) is 0. The Morgan fingerprint density at radius 2 is 1.92 bits per heavy atom. The lowest BCUT2D eigenvalue weighted by atomic mass is 10.0. The first kappa shape index (κ1) is 9.88. The maximum absolute atomic E-state index is 10.1. The highest BCUT2D eigenvalue weighted by Crippen LogP contribution is 2.25. The molecule has 0 unspecified atom stereocenters. The van der Waals surface area contributed by atoms with E-state index in [1.807, 2.05) is 26.8 Å². The fourth-order valence-electron chi connectivity index (χ4n) is 1.38. The molecule has 13 heavy (non-hydrogen) atoms. The molecule has 68 valence electrons. The number of hydrogen-bond acceptors (Lipinski definition) is 1. The maximum Gasteiger partial charge on any atom is 0.337 e. The number of nitrogens with zero attached hydrogens (tertiary/aromatic N) is 1. The number of aryl methyl sites for hydroxylation is 2. The first-order valence-corrected chi connectivity index (χ1v) is 4.30. The number of rotatable bonds is 0. The zero-order valence-electron chi connectivity index (χ0n) is 7.81. The van der Waals surface area contributed by atoms with Gasteiger partial charge in [0.2, 0.25) is 0 Å². The van der Waals surface area contributed by atoms with Crippen LogP contribution in [0.5, 0.6) is 0 Å². The predicted octanol–water partition coefficient (Wildman–Crippen LogP) is 3.44. The minimum absolute atomic E-state index is 0.678. The molecule has 0 aromatic heterocycles. The predicted molar refractivity (Wildman–Crippen MR) is 55.4 cm³/mol. The first-order chi connectivity index (χ1) is 6.07. The maximum atomic E-state index is 10.1. The fourth-order valence-corrected chi connectivity index (χ4v) is 1.53. The van der Waals surface area contributed by atoms with E-state index in [-0.39, 0.29) is 0 Å². The van der Waals surface area contributed by atoms with E-state index in [4.69, 9.17) is 11.6 Å². The van der Waals surface area contributed by atoms with Crippen LogP contribution in [-0.4, -0.2) is 0 Å². The van der Waals surface area contributed by atoms with Crippen molar-refractivity contribution in [3.8, 4) is 6.07 Å². The van der Waals surface area contributed by atoms with Gasteiger partial charge in [0.15, 0.2) is 0 Å². The molecule has 0 spiro atoms. The lowest BCUT2D eigenvalue weighted by Gasteiger charge is -2.05. The normalized spacial score (nSPS) is 9.23. The monoisotopic (exact) mass is 195 g/mol. The Morgan fingerprint density at radius 3 is 2.46 bits per heavy atom. The molecule has 0 bridgehead atoms. The summed E-state index contributed by atoms with van der Waals surface area (Å²) in [5.74, 6) is 0. The van der Waals surface area contributed by atoms with Gasteiger partial charge in [-0.2, -0.15) is 0 Å². The Kier molecular flexibility index (Phi) is 2.79.